The average molecular weight is 426 g/mol. The Balaban J connectivity index is 3.02. The number of carbonyl (C=O) groups excluding carboxylic acids is 1. The standard InChI is InChI=1S/C14H17ClINO4/c1-7(2)4-11(14(19)20)17-13(18)8-5-9(15)10(16)6-12(8)21-3/h5-7,11H,4H2,1-3H3,(H,17,18)(H,19,20)/t11-/m0/s1. The lowest BCUT2D eigenvalue weighted by molar-refractivity contribution is -0.139. The van der Waals surface area contributed by atoms with Gasteiger partial charge in [0.25, 0.3) is 5.91 Å². The van der Waals surface area contributed by atoms with E-state index in [0.29, 0.717) is 17.2 Å². The minimum Gasteiger partial charge on any atom is -0.496 e. The molecular formula is C14H17ClINO4. The Morgan fingerprint density at radius 2 is 2.05 bits per heavy atom. The van der Waals surface area contributed by atoms with Gasteiger partial charge < -0.3 is 15.2 Å². The first-order chi connectivity index (χ1) is 9.76. The van der Waals surface area contributed by atoms with E-state index in [1.807, 2.05) is 36.4 Å². The number of halogens is 2. The zero-order valence-electron chi connectivity index (χ0n) is 11.9. The summed E-state index contributed by atoms with van der Waals surface area (Å²) < 4.78 is 5.90. The predicted molar refractivity (Wildman–Crippen MR) is 89.1 cm³/mol. The molecule has 0 fully saturated rings. The van der Waals surface area contributed by atoms with Gasteiger partial charge in [-0.2, -0.15) is 0 Å². The van der Waals surface area contributed by atoms with Gasteiger partial charge in [0.05, 0.1) is 17.7 Å². The van der Waals surface area contributed by atoms with Crippen LogP contribution in [0.4, 0.5) is 0 Å². The zero-order valence-corrected chi connectivity index (χ0v) is 14.9. The van der Waals surface area contributed by atoms with Crippen LogP contribution in [-0.2, 0) is 4.79 Å². The second-order valence-electron chi connectivity index (χ2n) is 4.96. The van der Waals surface area contributed by atoms with Crippen LogP contribution < -0.4 is 10.1 Å². The van der Waals surface area contributed by atoms with Crippen LogP contribution >= 0.6 is 34.2 Å². The van der Waals surface area contributed by atoms with E-state index in [-0.39, 0.29) is 11.5 Å². The molecule has 0 radical (unpaired) electrons. The second-order valence-corrected chi connectivity index (χ2v) is 6.53. The summed E-state index contributed by atoms with van der Waals surface area (Å²) in [7, 11) is 1.44. The molecule has 0 aliphatic heterocycles. The van der Waals surface area contributed by atoms with E-state index >= 15 is 0 Å². The van der Waals surface area contributed by atoms with Crippen molar-refractivity contribution in [2.24, 2.45) is 5.92 Å². The third-order valence-corrected chi connectivity index (χ3v) is 4.32. The van der Waals surface area contributed by atoms with Crippen LogP contribution in [0.3, 0.4) is 0 Å². The number of aliphatic carboxylic acids is 1. The number of benzene rings is 1. The zero-order chi connectivity index (χ0) is 16.2. The van der Waals surface area contributed by atoms with E-state index in [2.05, 4.69) is 5.32 Å². The molecule has 0 saturated heterocycles. The van der Waals surface area contributed by atoms with Crippen molar-refractivity contribution < 1.29 is 19.4 Å². The number of methoxy groups -OCH3 is 1. The molecule has 116 valence electrons. The summed E-state index contributed by atoms with van der Waals surface area (Å²) in [6, 6.07) is 2.17. The average Bonchev–Trinajstić information content (AvgIpc) is 2.39. The van der Waals surface area contributed by atoms with Crippen molar-refractivity contribution in [2.45, 2.75) is 26.3 Å². The molecule has 21 heavy (non-hydrogen) atoms. The van der Waals surface area contributed by atoms with E-state index < -0.39 is 17.9 Å². The first-order valence-electron chi connectivity index (χ1n) is 6.33. The van der Waals surface area contributed by atoms with Crippen LogP contribution in [0.15, 0.2) is 12.1 Å². The molecule has 1 amide bonds. The summed E-state index contributed by atoms with van der Waals surface area (Å²) >= 11 is 8.04. The van der Waals surface area contributed by atoms with Gasteiger partial charge in [0.2, 0.25) is 0 Å². The molecule has 0 unspecified atom stereocenters. The van der Waals surface area contributed by atoms with Crippen LogP contribution in [0.25, 0.3) is 0 Å². The lowest BCUT2D eigenvalue weighted by atomic mass is 10.0. The van der Waals surface area contributed by atoms with Crippen LogP contribution in [0.5, 0.6) is 5.75 Å². The van der Waals surface area contributed by atoms with Crippen LogP contribution in [-0.4, -0.2) is 30.1 Å². The number of ether oxygens (including phenoxy) is 1. The summed E-state index contributed by atoms with van der Waals surface area (Å²) in [4.78, 5) is 23.5. The van der Waals surface area contributed by atoms with Gasteiger partial charge in [0, 0.05) is 3.57 Å². The van der Waals surface area contributed by atoms with Gasteiger partial charge in [-0.3, -0.25) is 4.79 Å². The molecule has 0 heterocycles. The molecule has 1 aromatic rings. The Kier molecular flexibility index (Phi) is 6.73. The molecule has 5 nitrogen and oxygen atoms in total. The van der Waals surface area contributed by atoms with Crippen molar-refractivity contribution in [3.05, 3.63) is 26.3 Å². The summed E-state index contributed by atoms with van der Waals surface area (Å²) in [5, 5.41) is 12.1. The van der Waals surface area contributed by atoms with Crippen molar-refractivity contribution in [3.63, 3.8) is 0 Å². The maximum absolute atomic E-state index is 12.3. The smallest absolute Gasteiger partial charge is 0.326 e. The molecule has 0 saturated carbocycles. The normalized spacial score (nSPS) is 12.1. The minimum atomic E-state index is -1.06. The number of rotatable bonds is 6. The summed E-state index contributed by atoms with van der Waals surface area (Å²) in [5.74, 6) is -1.07. The number of carboxylic acids is 1. The molecule has 0 aliphatic carbocycles. The molecule has 0 bridgehead atoms. The molecule has 2 N–H and O–H groups in total. The van der Waals surface area contributed by atoms with Gasteiger partial charge >= 0.3 is 5.97 Å². The number of amides is 1. The summed E-state index contributed by atoms with van der Waals surface area (Å²) in [6.07, 6.45) is 0.349. The highest BCUT2D eigenvalue weighted by Crippen LogP contribution is 2.28. The van der Waals surface area contributed by atoms with Crippen molar-refractivity contribution in [1.29, 1.82) is 0 Å². The monoisotopic (exact) mass is 425 g/mol. The Morgan fingerprint density at radius 1 is 1.43 bits per heavy atom. The third kappa shape index (κ3) is 5.03. The number of nitrogens with one attached hydrogen (secondary N) is 1. The quantitative estimate of drug-likeness (QED) is 0.687. The highest BCUT2D eigenvalue weighted by molar-refractivity contribution is 14.1. The highest BCUT2D eigenvalue weighted by atomic mass is 127. The Bertz CT molecular complexity index is 548. The Hall–Kier alpha value is -1.02. The lowest BCUT2D eigenvalue weighted by Gasteiger charge is -2.17. The molecular weight excluding hydrogens is 409 g/mol. The molecule has 0 aliphatic rings. The molecule has 0 spiro atoms. The van der Waals surface area contributed by atoms with Gasteiger partial charge in [-0.15, -0.1) is 0 Å². The molecule has 0 aromatic heterocycles. The van der Waals surface area contributed by atoms with Crippen LogP contribution in [0.2, 0.25) is 5.02 Å². The minimum absolute atomic E-state index is 0.147. The van der Waals surface area contributed by atoms with Crippen molar-refractivity contribution >= 4 is 46.1 Å². The third-order valence-electron chi connectivity index (χ3n) is 2.80. The van der Waals surface area contributed by atoms with E-state index in [0.717, 1.165) is 3.57 Å². The fourth-order valence-corrected chi connectivity index (χ4v) is 2.41. The topological polar surface area (TPSA) is 75.6 Å². The summed E-state index contributed by atoms with van der Waals surface area (Å²) in [5.41, 5.74) is 0.220. The second kappa shape index (κ2) is 7.84. The van der Waals surface area contributed by atoms with E-state index in [9.17, 15) is 9.59 Å². The predicted octanol–water partition coefficient (Wildman–Crippen LogP) is 3.18. The van der Waals surface area contributed by atoms with E-state index in [1.165, 1.54) is 13.2 Å². The highest BCUT2D eigenvalue weighted by Gasteiger charge is 2.24. The molecule has 1 aromatic carbocycles. The summed E-state index contributed by atoms with van der Waals surface area (Å²) in [6.45, 7) is 3.79. The SMILES string of the molecule is COc1cc(I)c(Cl)cc1C(=O)N[C@@H](CC(C)C)C(=O)O. The molecule has 1 rings (SSSR count). The van der Waals surface area contributed by atoms with Gasteiger partial charge in [-0.05, 0) is 47.1 Å². The van der Waals surface area contributed by atoms with Crippen molar-refractivity contribution in [3.8, 4) is 5.75 Å². The molecule has 7 heteroatoms. The maximum Gasteiger partial charge on any atom is 0.326 e. The van der Waals surface area contributed by atoms with Gasteiger partial charge in [0.15, 0.2) is 0 Å². The first-order valence-corrected chi connectivity index (χ1v) is 7.78. The van der Waals surface area contributed by atoms with Crippen LogP contribution in [0.1, 0.15) is 30.6 Å². The van der Waals surface area contributed by atoms with Crippen molar-refractivity contribution in [1.82, 2.24) is 5.32 Å². The lowest BCUT2D eigenvalue weighted by Crippen LogP contribution is -2.41. The van der Waals surface area contributed by atoms with Crippen molar-refractivity contribution in [2.75, 3.05) is 7.11 Å². The Morgan fingerprint density at radius 3 is 2.52 bits per heavy atom. The number of carbonyl (C=O) groups is 2. The van der Waals surface area contributed by atoms with Gasteiger partial charge in [-0.1, -0.05) is 25.4 Å². The van der Waals surface area contributed by atoms with E-state index in [1.54, 1.807) is 6.07 Å². The number of hydrogen-bond donors (Lipinski definition) is 2. The Labute approximate surface area is 142 Å². The van der Waals surface area contributed by atoms with E-state index in [4.69, 9.17) is 21.4 Å². The molecule has 1 atom stereocenters. The first kappa shape index (κ1) is 18.0. The maximum atomic E-state index is 12.3. The fourth-order valence-electron chi connectivity index (χ4n) is 1.80. The fraction of sp³-hybridized carbons (Fsp3) is 0.429. The largest absolute Gasteiger partial charge is 0.496 e. The van der Waals surface area contributed by atoms with Gasteiger partial charge in [-0.25, -0.2) is 4.79 Å². The number of hydrogen-bond acceptors (Lipinski definition) is 3. The number of carboxylic acid groups (broad SMARTS) is 1. The van der Waals surface area contributed by atoms with Crippen LogP contribution in [0, 0.1) is 9.49 Å². The van der Waals surface area contributed by atoms with Gasteiger partial charge in [0.1, 0.15) is 11.8 Å².